The highest BCUT2D eigenvalue weighted by atomic mass is 32.2. The van der Waals surface area contributed by atoms with Crippen LogP contribution in [0.4, 0.5) is 0 Å². The molecule has 0 saturated carbocycles. The number of hydrogen-bond donors (Lipinski definition) is 2. The van der Waals surface area contributed by atoms with Crippen molar-refractivity contribution in [3.8, 4) is 5.88 Å². The predicted molar refractivity (Wildman–Crippen MR) is 105 cm³/mol. The lowest BCUT2D eigenvalue weighted by atomic mass is 10.1. The van der Waals surface area contributed by atoms with E-state index in [1.165, 1.54) is 10.9 Å². The summed E-state index contributed by atoms with van der Waals surface area (Å²) in [5.74, 6) is 2.54. The number of carbonyl (C=O) groups excluding carboxylic acids is 1. The standard InChI is InChI=1S/C20H21N3O2S/c24-20(14-5-8-21-19(11-14)25-16-7-10-26-13-16)22-9-6-15-12-23-18-4-2-1-3-17(15)18/h1-5,8,11-12,16,23H,6-7,9-10,13H2,(H,22,24)/t16-/m1/s1. The molecule has 1 aliphatic heterocycles. The zero-order valence-electron chi connectivity index (χ0n) is 14.4. The molecule has 0 radical (unpaired) electrons. The van der Waals surface area contributed by atoms with Gasteiger partial charge in [-0.15, -0.1) is 0 Å². The molecule has 26 heavy (non-hydrogen) atoms. The van der Waals surface area contributed by atoms with E-state index in [2.05, 4.69) is 27.4 Å². The van der Waals surface area contributed by atoms with E-state index in [-0.39, 0.29) is 12.0 Å². The van der Waals surface area contributed by atoms with Gasteiger partial charge in [-0.2, -0.15) is 11.8 Å². The Labute approximate surface area is 156 Å². The van der Waals surface area contributed by atoms with Gasteiger partial charge in [-0.05, 0) is 36.3 Å². The zero-order valence-corrected chi connectivity index (χ0v) is 15.2. The van der Waals surface area contributed by atoms with Crippen LogP contribution in [0.2, 0.25) is 0 Å². The van der Waals surface area contributed by atoms with E-state index in [1.807, 2.05) is 30.1 Å². The smallest absolute Gasteiger partial charge is 0.251 e. The number of amides is 1. The third-order valence-corrected chi connectivity index (χ3v) is 5.66. The maximum Gasteiger partial charge on any atom is 0.251 e. The first-order chi connectivity index (χ1) is 12.8. The first-order valence-corrected chi connectivity index (χ1v) is 9.99. The number of benzene rings is 1. The van der Waals surface area contributed by atoms with Crippen molar-refractivity contribution in [2.75, 3.05) is 18.1 Å². The lowest BCUT2D eigenvalue weighted by Crippen LogP contribution is -2.26. The second-order valence-corrected chi connectivity index (χ2v) is 7.50. The number of fused-ring (bicyclic) bond motifs is 1. The van der Waals surface area contributed by atoms with Crippen molar-refractivity contribution in [1.82, 2.24) is 15.3 Å². The second-order valence-electron chi connectivity index (χ2n) is 6.35. The van der Waals surface area contributed by atoms with Crippen molar-refractivity contribution in [3.05, 3.63) is 59.9 Å². The fourth-order valence-corrected chi connectivity index (χ4v) is 4.24. The van der Waals surface area contributed by atoms with Crippen LogP contribution >= 0.6 is 11.8 Å². The summed E-state index contributed by atoms with van der Waals surface area (Å²) in [6.45, 7) is 0.582. The fraction of sp³-hybridized carbons (Fsp3) is 0.300. The van der Waals surface area contributed by atoms with E-state index >= 15 is 0 Å². The van der Waals surface area contributed by atoms with E-state index < -0.39 is 0 Å². The van der Waals surface area contributed by atoms with Gasteiger partial charge in [0.15, 0.2) is 0 Å². The molecule has 0 spiro atoms. The highest BCUT2D eigenvalue weighted by Gasteiger charge is 2.18. The molecule has 134 valence electrons. The number of aromatic amines is 1. The van der Waals surface area contributed by atoms with Crippen molar-refractivity contribution in [2.45, 2.75) is 18.9 Å². The Bertz CT molecular complexity index is 903. The summed E-state index contributed by atoms with van der Waals surface area (Å²) in [4.78, 5) is 19.9. The maximum absolute atomic E-state index is 12.4. The van der Waals surface area contributed by atoms with Crippen molar-refractivity contribution in [3.63, 3.8) is 0 Å². The quantitative estimate of drug-likeness (QED) is 0.701. The monoisotopic (exact) mass is 367 g/mol. The number of aromatic nitrogens is 2. The Morgan fingerprint density at radius 2 is 2.27 bits per heavy atom. The first kappa shape index (κ1) is 17.0. The SMILES string of the molecule is O=C(NCCc1c[nH]c2ccccc12)c1ccnc(O[C@@H]2CCSC2)c1. The molecule has 1 aliphatic rings. The van der Waals surface area contributed by atoms with Crippen LogP contribution in [-0.2, 0) is 6.42 Å². The van der Waals surface area contributed by atoms with Gasteiger partial charge in [-0.25, -0.2) is 4.98 Å². The topological polar surface area (TPSA) is 67.0 Å². The summed E-state index contributed by atoms with van der Waals surface area (Å²) in [6.07, 6.45) is 5.66. The fourth-order valence-electron chi connectivity index (χ4n) is 3.14. The number of nitrogens with one attached hydrogen (secondary N) is 2. The van der Waals surface area contributed by atoms with E-state index in [0.29, 0.717) is 18.0 Å². The molecule has 1 saturated heterocycles. The van der Waals surface area contributed by atoms with E-state index in [9.17, 15) is 4.79 Å². The summed E-state index contributed by atoms with van der Waals surface area (Å²) in [7, 11) is 0. The molecule has 1 aromatic carbocycles. The largest absolute Gasteiger partial charge is 0.473 e. The Morgan fingerprint density at radius 3 is 3.15 bits per heavy atom. The van der Waals surface area contributed by atoms with Crippen LogP contribution in [0.5, 0.6) is 5.88 Å². The van der Waals surface area contributed by atoms with Gasteiger partial charge < -0.3 is 15.0 Å². The van der Waals surface area contributed by atoms with Crippen LogP contribution in [-0.4, -0.2) is 40.0 Å². The van der Waals surface area contributed by atoms with Crippen molar-refractivity contribution >= 4 is 28.6 Å². The molecule has 1 fully saturated rings. The van der Waals surface area contributed by atoms with Crippen LogP contribution in [0.25, 0.3) is 10.9 Å². The van der Waals surface area contributed by atoms with Gasteiger partial charge in [0.1, 0.15) is 6.10 Å². The Balaban J connectivity index is 1.34. The van der Waals surface area contributed by atoms with E-state index in [1.54, 1.807) is 18.3 Å². The number of carbonyl (C=O) groups is 1. The first-order valence-electron chi connectivity index (χ1n) is 8.83. The number of thioether (sulfide) groups is 1. The number of ether oxygens (including phenoxy) is 1. The van der Waals surface area contributed by atoms with Crippen molar-refractivity contribution in [2.24, 2.45) is 0 Å². The maximum atomic E-state index is 12.4. The Morgan fingerprint density at radius 1 is 1.35 bits per heavy atom. The summed E-state index contributed by atoms with van der Waals surface area (Å²) in [6, 6.07) is 11.6. The van der Waals surface area contributed by atoms with Crippen molar-refractivity contribution < 1.29 is 9.53 Å². The molecule has 2 N–H and O–H groups in total. The van der Waals surface area contributed by atoms with Gasteiger partial charge in [0, 0.05) is 47.2 Å². The minimum absolute atomic E-state index is 0.0992. The summed E-state index contributed by atoms with van der Waals surface area (Å²) < 4.78 is 5.86. The molecule has 4 rings (SSSR count). The van der Waals surface area contributed by atoms with Crippen LogP contribution in [0.3, 0.4) is 0 Å². The number of nitrogens with zero attached hydrogens (tertiary/aromatic N) is 1. The normalized spacial score (nSPS) is 16.7. The molecule has 0 aliphatic carbocycles. The minimum atomic E-state index is -0.0992. The molecule has 2 aromatic heterocycles. The van der Waals surface area contributed by atoms with Crippen LogP contribution in [0.15, 0.2) is 48.8 Å². The molecule has 3 aromatic rings. The van der Waals surface area contributed by atoms with Gasteiger partial charge in [0.05, 0.1) is 0 Å². The number of hydrogen-bond acceptors (Lipinski definition) is 4. The molecule has 0 unspecified atom stereocenters. The second kappa shape index (κ2) is 7.83. The van der Waals surface area contributed by atoms with E-state index in [4.69, 9.17) is 4.74 Å². The summed E-state index contributed by atoms with van der Waals surface area (Å²) in [5.41, 5.74) is 2.91. The highest BCUT2D eigenvalue weighted by Crippen LogP contribution is 2.22. The molecule has 1 amide bonds. The molecule has 1 atom stereocenters. The van der Waals surface area contributed by atoms with Gasteiger partial charge in [0.25, 0.3) is 5.91 Å². The molecule has 6 heteroatoms. The third kappa shape index (κ3) is 3.85. The number of rotatable bonds is 6. The summed E-state index contributed by atoms with van der Waals surface area (Å²) >= 11 is 1.89. The van der Waals surface area contributed by atoms with Gasteiger partial charge >= 0.3 is 0 Å². The molecule has 5 nitrogen and oxygen atoms in total. The minimum Gasteiger partial charge on any atom is -0.473 e. The molecule has 0 bridgehead atoms. The Hall–Kier alpha value is -2.47. The van der Waals surface area contributed by atoms with Crippen LogP contribution in [0, 0.1) is 0 Å². The number of H-pyrrole nitrogens is 1. The highest BCUT2D eigenvalue weighted by molar-refractivity contribution is 7.99. The van der Waals surface area contributed by atoms with Gasteiger partial charge in [0.2, 0.25) is 5.88 Å². The van der Waals surface area contributed by atoms with E-state index in [0.717, 1.165) is 29.9 Å². The number of pyridine rings is 1. The third-order valence-electron chi connectivity index (χ3n) is 4.53. The predicted octanol–water partition coefficient (Wildman–Crippen LogP) is 3.42. The van der Waals surface area contributed by atoms with Crippen molar-refractivity contribution in [1.29, 1.82) is 0 Å². The average Bonchev–Trinajstić information content (AvgIpc) is 3.32. The zero-order chi connectivity index (χ0) is 17.8. The molecular weight excluding hydrogens is 346 g/mol. The van der Waals surface area contributed by atoms with Gasteiger partial charge in [-0.3, -0.25) is 4.79 Å². The lowest BCUT2D eigenvalue weighted by Gasteiger charge is -2.12. The Kier molecular flexibility index (Phi) is 5.11. The molecule has 3 heterocycles. The van der Waals surface area contributed by atoms with Crippen LogP contribution < -0.4 is 10.1 Å². The van der Waals surface area contributed by atoms with Gasteiger partial charge in [-0.1, -0.05) is 18.2 Å². The van der Waals surface area contributed by atoms with Crippen LogP contribution in [0.1, 0.15) is 22.3 Å². The summed E-state index contributed by atoms with van der Waals surface area (Å²) in [5, 5.41) is 4.19. The average molecular weight is 367 g/mol. The number of para-hydroxylation sites is 1. The molecular formula is C20H21N3O2S. The lowest BCUT2D eigenvalue weighted by molar-refractivity contribution is 0.0953.